The van der Waals surface area contributed by atoms with Gasteiger partial charge in [0.1, 0.15) is 0 Å². The standard InChI is InChI=1S/C15H12N2O4/c18-15(21-16-9-11-4-2-1-3-5-11)17-12-6-7-13-14(8-12)20-10-19-13/h1-9H,10H2,(H,17,18)/b16-9+. The van der Waals surface area contributed by atoms with E-state index in [1.54, 1.807) is 18.2 Å². The van der Waals surface area contributed by atoms with Crippen LogP contribution in [0.3, 0.4) is 0 Å². The first-order valence-electron chi connectivity index (χ1n) is 6.27. The van der Waals surface area contributed by atoms with Crippen LogP contribution >= 0.6 is 0 Å². The van der Waals surface area contributed by atoms with Crippen LogP contribution in [0.4, 0.5) is 10.5 Å². The van der Waals surface area contributed by atoms with Crippen LogP contribution in [-0.4, -0.2) is 19.1 Å². The highest BCUT2D eigenvalue weighted by atomic mass is 16.7. The summed E-state index contributed by atoms with van der Waals surface area (Å²) in [5.74, 6) is 1.23. The lowest BCUT2D eigenvalue weighted by molar-refractivity contribution is 0.167. The molecule has 0 saturated heterocycles. The van der Waals surface area contributed by atoms with Crippen LogP contribution in [0.1, 0.15) is 5.56 Å². The first-order valence-corrected chi connectivity index (χ1v) is 6.27. The van der Waals surface area contributed by atoms with Gasteiger partial charge in [0.05, 0.1) is 6.21 Å². The van der Waals surface area contributed by atoms with E-state index in [2.05, 4.69) is 10.5 Å². The zero-order chi connectivity index (χ0) is 14.5. The molecule has 0 radical (unpaired) electrons. The van der Waals surface area contributed by atoms with Crippen molar-refractivity contribution in [2.24, 2.45) is 5.16 Å². The number of oxime groups is 1. The minimum atomic E-state index is -0.680. The summed E-state index contributed by atoms with van der Waals surface area (Å²) in [6.45, 7) is 0.185. The van der Waals surface area contributed by atoms with Crippen molar-refractivity contribution in [1.29, 1.82) is 0 Å². The molecule has 1 aliphatic rings. The molecule has 1 amide bonds. The molecule has 1 aliphatic heterocycles. The number of benzene rings is 2. The Bertz CT molecular complexity index is 671. The zero-order valence-corrected chi connectivity index (χ0v) is 11.0. The zero-order valence-electron chi connectivity index (χ0n) is 11.0. The maximum atomic E-state index is 11.6. The van der Waals surface area contributed by atoms with Crippen molar-refractivity contribution < 1.29 is 19.1 Å². The van der Waals surface area contributed by atoms with Crippen molar-refractivity contribution in [3.63, 3.8) is 0 Å². The SMILES string of the molecule is O=C(Nc1ccc2c(c1)OCO2)O/N=C/c1ccccc1. The number of amides is 1. The number of carbonyl (C=O) groups excluding carboxylic acids is 1. The van der Waals surface area contributed by atoms with Gasteiger partial charge in [-0.15, -0.1) is 0 Å². The average Bonchev–Trinajstić information content (AvgIpc) is 2.96. The van der Waals surface area contributed by atoms with Crippen molar-refractivity contribution in [1.82, 2.24) is 0 Å². The lowest BCUT2D eigenvalue weighted by Crippen LogP contribution is -2.10. The van der Waals surface area contributed by atoms with Crippen LogP contribution < -0.4 is 14.8 Å². The molecule has 0 saturated carbocycles. The van der Waals surface area contributed by atoms with Crippen molar-refractivity contribution in [2.45, 2.75) is 0 Å². The number of hydrogen-bond acceptors (Lipinski definition) is 5. The molecule has 0 atom stereocenters. The van der Waals surface area contributed by atoms with Crippen LogP contribution in [0.2, 0.25) is 0 Å². The second kappa shape index (κ2) is 5.96. The van der Waals surface area contributed by atoms with E-state index in [0.717, 1.165) is 5.56 Å². The molecule has 6 nitrogen and oxygen atoms in total. The molecule has 2 aromatic carbocycles. The molecule has 21 heavy (non-hydrogen) atoms. The van der Waals surface area contributed by atoms with Crippen LogP contribution in [0.5, 0.6) is 11.5 Å². The fraction of sp³-hybridized carbons (Fsp3) is 0.0667. The Morgan fingerprint density at radius 1 is 1.14 bits per heavy atom. The molecule has 2 aromatic rings. The Kier molecular flexibility index (Phi) is 3.68. The third kappa shape index (κ3) is 3.30. The summed E-state index contributed by atoms with van der Waals surface area (Å²) in [5.41, 5.74) is 1.38. The molecule has 1 N–H and O–H groups in total. The van der Waals surface area contributed by atoms with Gasteiger partial charge < -0.3 is 9.47 Å². The Morgan fingerprint density at radius 2 is 1.95 bits per heavy atom. The molecule has 0 bridgehead atoms. The van der Waals surface area contributed by atoms with Gasteiger partial charge in [-0.3, -0.25) is 10.2 Å². The average molecular weight is 284 g/mol. The molecule has 0 fully saturated rings. The lowest BCUT2D eigenvalue weighted by atomic mass is 10.2. The third-order valence-electron chi connectivity index (χ3n) is 2.76. The molecule has 0 aliphatic carbocycles. The van der Waals surface area contributed by atoms with E-state index in [9.17, 15) is 4.79 Å². The van der Waals surface area contributed by atoms with Gasteiger partial charge in [-0.25, -0.2) is 4.79 Å². The van der Waals surface area contributed by atoms with Crippen LogP contribution in [0.15, 0.2) is 53.7 Å². The maximum absolute atomic E-state index is 11.6. The van der Waals surface area contributed by atoms with Crippen molar-refractivity contribution in [2.75, 3.05) is 12.1 Å². The molecule has 6 heteroatoms. The summed E-state index contributed by atoms with van der Waals surface area (Å²) >= 11 is 0. The van der Waals surface area contributed by atoms with E-state index in [1.165, 1.54) is 6.21 Å². The van der Waals surface area contributed by atoms with Gasteiger partial charge in [-0.05, 0) is 17.7 Å². The van der Waals surface area contributed by atoms with E-state index in [-0.39, 0.29) is 6.79 Å². The highest BCUT2D eigenvalue weighted by molar-refractivity contribution is 5.86. The fourth-order valence-corrected chi connectivity index (χ4v) is 1.79. The topological polar surface area (TPSA) is 69.2 Å². The van der Waals surface area contributed by atoms with Crippen LogP contribution in [-0.2, 0) is 4.84 Å². The second-order valence-electron chi connectivity index (χ2n) is 4.22. The summed E-state index contributed by atoms with van der Waals surface area (Å²) in [6, 6.07) is 14.4. The summed E-state index contributed by atoms with van der Waals surface area (Å²) in [5, 5.41) is 6.16. The minimum Gasteiger partial charge on any atom is -0.454 e. The smallest absolute Gasteiger partial charge is 0.437 e. The Hall–Kier alpha value is -3.02. The molecule has 3 rings (SSSR count). The highest BCUT2D eigenvalue weighted by Gasteiger charge is 2.14. The molecular weight excluding hydrogens is 272 g/mol. The van der Waals surface area contributed by atoms with Gasteiger partial charge in [0, 0.05) is 11.8 Å². The first kappa shape index (κ1) is 13.0. The molecule has 0 aromatic heterocycles. The molecule has 1 heterocycles. The highest BCUT2D eigenvalue weighted by Crippen LogP contribution is 2.34. The van der Waals surface area contributed by atoms with Gasteiger partial charge in [0.15, 0.2) is 11.5 Å². The summed E-state index contributed by atoms with van der Waals surface area (Å²) in [7, 11) is 0. The molecule has 0 spiro atoms. The van der Waals surface area contributed by atoms with Crippen molar-refractivity contribution >= 4 is 18.0 Å². The number of carbonyl (C=O) groups is 1. The van der Waals surface area contributed by atoms with E-state index in [4.69, 9.17) is 14.3 Å². The molecule has 106 valence electrons. The van der Waals surface area contributed by atoms with Crippen LogP contribution in [0.25, 0.3) is 0 Å². The van der Waals surface area contributed by atoms with Gasteiger partial charge >= 0.3 is 6.09 Å². The van der Waals surface area contributed by atoms with E-state index >= 15 is 0 Å². The van der Waals surface area contributed by atoms with Gasteiger partial charge in [0.25, 0.3) is 0 Å². The number of nitrogens with zero attached hydrogens (tertiary/aromatic N) is 1. The van der Waals surface area contributed by atoms with Crippen molar-refractivity contribution in [3.8, 4) is 11.5 Å². The normalized spacial score (nSPS) is 12.4. The van der Waals surface area contributed by atoms with E-state index in [0.29, 0.717) is 17.2 Å². The Labute approximate surface area is 120 Å². The number of anilines is 1. The van der Waals surface area contributed by atoms with E-state index in [1.807, 2.05) is 30.3 Å². The van der Waals surface area contributed by atoms with Crippen molar-refractivity contribution in [3.05, 3.63) is 54.1 Å². The summed E-state index contributed by atoms with van der Waals surface area (Å²) in [6.07, 6.45) is 0.778. The number of ether oxygens (including phenoxy) is 2. The molecule has 0 unspecified atom stereocenters. The molecular formula is C15H12N2O4. The number of hydrogen-bond donors (Lipinski definition) is 1. The largest absolute Gasteiger partial charge is 0.454 e. The third-order valence-corrected chi connectivity index (χ3v) is 2.76. The monoisotopic (exact) mass is 284 g/mol. The second-order valence-corrected chi connectivity index (χ2v) is 4.22. The lowest BCUT2D eigenvalue weighted by Gasteiger charge is -2.03. The predicted molar refractivity (Wildman–Crippen MR) is 76.7 cm³/mol. The Balaban J connectivity index is 1.56. The summed E-state index contributed by atoms with van der Waals surface area (Å²) < 4.78 is 10.4. The first-order chi connectivity index (χ1) is 10.3. The predicted octanol–water partition coefficient (Wildman–Crippen LogP) is 3.00. The quantitative estimate of drug-likeness (QED) is 0.534. The van der Waals surface area contributed by atoms with Gasteiger partial charge in [-0.1, -0.05) is 35.5 Å². The van der Waals surface area contributed by atoms with Gasteiger partial charge in [0.2, 0.25) is 6.79 Å². The minimum absolute atomic E-state index is 0.185. The van der Waals surface area contributed by atoms with E-state index < -0.39 is 6.09 Å². The summed E-state index contributed by atoms with van der Waals surface area (Å²) in [4.78, 5) is 16.3. The number of rotatable bonds is 3. The number of nitrogens with one attached hydrogen (secondary N) is 1. The van der Waals surface area contributed by atoms with Crippen LogP contribution in [0, 0.1) is 0 Å². The maximum Gasteiger partial charge on any atom is 0.437 e. The number of fused-ring (bicyclic) bond motifs is 1. The Morgan fingerprint density at radius 3 is 2.81 bits per heavy atom. The van der Waals surface area contributed by atoms with Gasteiger partial charge in [-0.2, -0.15) is 0 Å². The fourth-order valence-electron chi connectivity index (χ4n) is 1.79.